The molecule has 0 radical (unpaired) electrons. The Morgan fingerprint density at radius 3 is 2.59 bits per heavy atom. The van der Waals surface area contributed by atoms with Crippen molar-refractivity contribution < 1.29 is 0 Å². The van der Waals surface area contributed by atoms with Crippen molar-refractivity contribution >= 4 is 27.5 Å². The molecule has 1 N–H and O–H groups in total. The first kappa shape index (κ1) is 15.0. The van der Waals surface area contributed by atoms with E-state index < -0.39 is 0 Å². The van der Waals surface area contributed by atoms with Crippen LogP contribution in [-0.4, -0.2) is 12.6 Å². The molecule has 0 aliphatic heterocycles. The first-order valence-corrected chi connectivity index (χ1v) is 7.42. The summed E-state index contributed by atoms with van der Waals surface area (Å²) in [6, 6.07) is 6.71. The molecule has 0 aliphatic rings. The Balaban J connectivity index is 2.69. The van der Waals surface area contributed by atoms with E-state index in [2.05, 4.69) is 54.2 Å². The monoisotopic (exact) mass is 317 g/mol. The Labute approximate surface area is 118 Å². The van der Waals surface area contributed by atoms with E-state index >= 15 is 0 Å². The van der Waals surface area contributed by atoms with Gasteiger partial charge in [-0.25, -0.2) is 0 Å². The van der Waals surface area contributed by atoms with E-state index in [1.165, 1.54) is 5.56 Å². The molecule has 0 amide bonds. The topological polar surface area (TPSA) is 12.0 Å². The van der Waals surface area contributed by atoms with Gasteiger partial charge >= 0.3 is 0 Å². The molecule has 0 heterocycles. The molecule has 17 heavy (non-hydrogen) atoms. The molecule has 1 aromatic rings. The van der Waals surface area contributed by atoms with Gasteiger partial charge in [0.25, 0.3) is 0 Å². The van der Waals surface area contributed by atoms with E-state index in [0.717, 1.165) is 28.9 Å². The van der Waals surface area contributed by atoms with Gasteiger partial charge in [-0.2, -0.15) is 0 Å². The molecular weight excluding hydrogens is 298 g/mol. The smallest absolute Gasteiger partial charge is 0.0449 e. The highest BCUT2D eigenvalue weighted by atomic mass is 79.9. The maximum atomic E-state index is 6.25. The van der Waals surface area contributed by atoms with Gasteiger partial charge in [0.1, 0.15) is 0 Å². The maximum Gasteiger partial charge on any atom is 0.0449 e. The highest BCUT2D eigenvalue weighted by molar-refractivity contribution is 9.10. The molecule has 2 unspecified atom stereocenters. The van der Waals surface area contributed by atoms with E-state index in [0.29, 0.717) is 12.0 Å². The molecule has 0 spiro atoms. The molecule has 0 fully saturated rings. The van der Waals surface area contributed by atoms with E-state index in [1.807, 2.05) is 6.07 Å². The molecule has 3 heteroatoms. The number of benzene rings is 1. The molecule has 0 saturated heterocycles. The minimum absolute atomic E-state index is 0.569. The summed E-state index contributed by atoms with van der Waals surface area (Å²) < 4.78 is 1.04. The lowest BCUT2D eigenvalue weighted by Crippen LogP contribution is -2.35. The van der Waals surface area contributed by atoms with Crippen molar-refractivity contribution in [2.24, 2.45) is 5.92 Å². The zero-order valence-corrected chi connectivity index (χ0v) is 13.1. The Hall–Kier alpha value is -0.0500. The maximum absolute atomic E-state index is 6.25. The highest BCUT2D eigenvalue weighted by Crippen LogP contribution is 2.25. The number of halogens is 2. The Morgan fingerprint density at radius 2 is 2.06 bits per heavy atom. The fourth-order valence-electron chi connectivity index (χ4n) is 2.19. The van der Waals surface area contributed by atoms with Crippen molar-refractivity contribution in [1.82, 2.24) is 5.32 Å². The summed E-state index contributed by atoms with van der Waals surface area (Å²) in [7, 11) is 0. The van der Waals surface area contributed by atoms with Crippen LogP contribution in [-0.2, 0) is 6.42 Å². The van der Waals surface area contributed by atoms with Crippen molar-refractivity contribution in [1.29, 1.82) is 0 Å². The van der Waals surface area contributed by atoms with Gasteiger partial charge in [-0.05, 0) is 43.0 Å². The summed E-state index contributed by atoms with van der Waals surface area (Å²) in [6.07, 6.45) is 2.18. The predicted octanol–water partition coefficient (Wildman–Crippen LogP) is 4.67. The average Bonchev–Trinajstić information content (AvgIpc) is 2.29. The summed E-state index contributed by atoms with van der Waals surface area (Å²) in [4.78, 5) is 0. The Morgan fingerprint density at radius 1 is 1.35 bits per heavy atom. The van der Waals surface area contributed by atoms with Gasteiger partial charge in [0.15, 0.2) is 0 Å². The molecule has 2 atom stereocenters. The van der Waals surface area contributed by atoms with Gasteiger partial charge in [0.2, 0.25) is 0 Å². The van der Waals surface area contributed by atoms with Crippen molar-refractivity contribution in [2.45, 2.75) is 39.7 Å². The summed E-state index contributed by atoms with van der Waals surface area (Å²) in [5, 5.41) is 4.39. The minimum atomic E-state index is 0.569. The molecule has 0 saturated carbocycles. The van der Waals surface area contributed by atoms with E-state index in [4.69, 9.17) is 11.6 Å². The third-order valence-corrected chi connectivity index (χ3v) is 4.00. The van der Waals surface area contributed by atoms with Crippen molar-refractivity contribution in [3.63, 3.8) is 0 Å². The molecule has 1 rings (SSSR count). The van der Waals surface area contributed by atoms with Crippen LogP contribution >= 0.6 is 27.5 Å². The molecular formula is C14H21BrClN. The SMILES string of the molecule is CCNC(CC)C(C)Cc1ccc(Br)cc1Cl. The predicted molar refractivity (Wildman–Crippen MR) is 79.8 cm³/mol. The van der Waals surface area contributed by atoms with Crippen LogP contribution in [0.15, 0.2) is 22.7 Å². The van der Waals surface area contributed by atoms with Crippen LogP contribution in [0.25, 0.3) is 0 Å². The van der Waals surface area contributed by atoms with Crippen LogP contribution in [0.4, 0.5) is 0 Å². The third kappa shape index (κ3) is 4.61. The number of hydrogen-bond acceptors (Lipinski definition) is 1. The fourth-order valence-corrected chi connectivity index (χ4v) is 2.94. The van der Waals surface area contributed by atoms with Crippen LogP contribution < -0.4 is 5.32 Å². The number of nitrogens with one attached hydrogen (secondary N) is 1. The lowest BCUT2D eigenvalue weighted by molar-refractivity contribution is 0.371. The second-order valence-electron chi connectivity index (χ2n) is 4.49. The standard InChI is InChI=1S/C14H21BrClN/c1-4-14(17-5-2)10(3)8-11-6-7-12(15)9-13(11)16/h6-7,9-10,14,17H,4-5,8H2,1-3H3. The van der Waals surface area contributed by atoms with Gasteiger partial charge in [0.05, 0.1) is 0 Å². The van der Waals surface area contributed by atoms with Crippen LogP contribution in [0.2, 0.25) is 5.02 Å². The minimum Gasteiger partial charge on any atom is -0.314 e. The molecule has 1 nitrogen and oxygen atoms in total. The van der Waals surface area contributed by atoms with E-state index in [9.17, 15) is 0 Å². The highest BCUT2D eigenvalue weighted by Gasteiger charge is 2.15. The van der Waals surface area contributed by atoms with Crippen LogP contribution in [0.3, 0.4) is 0 Å². The zero-order chi connectivity index (χ0) is 12.8. The number of rotatable bonds is 6. The van der Waals surface area contributed by atoms with Crippen molar-refractivity contribution in [3.05, 3.63) is 33.3 Å². The van der Waals surface area contributed by atoms with Crippen LogP contribution in [0, 0.1) is 5.92 Å². The fraction of sp³-hybridized carbons (Fsp3) is 0.571. The van der Waals surface area contributed by atoms with Gasteiger partial charge in [-0.15, -0.1) is 0 Å². The summed E-state index contributed by atoms with van der Waals surface area (Å²) in [5.41, 5.74) is 1.23. The first-order valence-electron chi connectivity index (χ1n) is 6.25. The average molecular weight is 319 g/mol. The summed E-state index contributed by atoms with van der Waals surface area (Å²) >= 11 is 9.68. The largest absolute Gasteiger partial charge is 0.314 e. The Bertz CT molecular complexity index is 354. The second kappa shape index (κ2) is 7.40. The third-order valence-electron chi connectivity index (χ3n) is 3.15. The van der Waals surface area contributed by atoms with E-state index in [1.54, 1.807) is 0 Å². The van der Waals surface area contributed by atoms with Gasteiger partial charge in [0, 0.05) is 15.5 Å². The second-order valence-corrected chi connectivity index (χ2v) is 5.81. The van der Waals surface area contributed by atoms with Crippen molar-refractivity contribution in [2.75, 3.05) is 6.54 Å². The zero-order valence-electron chi connectivity index (χ0n) is 10.8. The number of hydrogen-bond donors (Lipinski definition) is 1. The van der Waals surface area contributed by atoms with Crippen molar-refractivity contribution in [3.8, 4) is 0 Å². The quantitative estimate of drug-likeness (QED) is 0.803. The van der Waals surface area contributed by atoms with Gasteiger partial charge in [-0.1, -0.05) is 54.4 Å². The molecule has 0 bridgehead atoms. The lowest BCUT2D eigenvalue weighted by atomic mass is 9.92. The van der Waals surface area contributed by atoms with E-state index in [-0.39, 0.29) is 0 Å². The van der Waals surface area contributed by atoms with Crippen LogP contribution in [0.5, 0.6) is 0 Å². The normalized spacial score (nSPS) is 14.6. The lowest BCUT2D eigenvalue weighted by Gasteiger charge is -2.24. The molecule has 0 aromatic heterocycles. The molecule has 1 aromatic carbocycles. The van der Waals surface area contributed by atoms with Gasteiger partial charge in [-0.3, -0.25) is 0 Å². The molecule has 0 aliphatic carbocycles. The van der Waals surface area contributed by atoms with Gasteiger partial charge < -0.3 is 5.32 Å². The first-order chi connectivity index (χ1) is 8.08. The van der Waals surface area contributed by atoms with Crippen LogP contribution in [0.1, 0.15) is 32.8 Å². The summed E-state index contributed by atoms with van der Waals surface area (Å²) in [5.74, 6) is 0.596. The summed E-state index contributed by atoms with van der Waals surface area (Å²) in [6.45, 7) is 7.70. The Kier molecular flexibility index (Phi) is 6.53. The molecule has 96 valence electrons.